The van der Waals surface area contributed by atoms with Gasteiger partial charge in [0.05, 0.1) is 18.7 Å². The lowest BCUT2D eigenvalue weighted by atomic mass is 10.1. The molecule has 0 unspecified atom stereocenters. The third kappa shape index (κ3) is 1.68. The molecule has 4 heteroatoms. The predicted octanol–water partition coefficient (Wildman–Crippen LogP) is 2.20. The second-order valence-corrected chi connectivity index (χ2v) is 5.80. The number of rotatable bonds is 2. The summed E-state index contributed by atoms with van der Waals surface area (Å²) in [6.45, 7) is 0.925. The van der Waals surface area contributed by atoms with Crippen LogP contribution >= 0.6 is 0 Å². The van der Waals surface area contributed by atoms with Crippen LogP contribution in [0.1, 0.15) is 12.8 Å². The summed E-state index contributed by atoms with van der Waals surface area (Å²) in [4.78, 5) is 7.12. The van der Waals surface area contributed by atoms with Crippen molar-refractivity contribution in [3.8, 4) is 5.75 Å². The largest absolute Gasteiger partial charge is 0.496 e. The second-order valence-electron chi connectivity index (χ2n) is 5.80. The Morgan fingerprint density at radius 3 is 2.85 bits per heavy atom. The average molecular weight is 270 g/mol. The van der Waals surface area contributed by atoms with Crippen LogP contribution < -0.4 is 9.64 Å². The molecule has 1 aliphatic carbocycles. The van der Waals surface area contributed by atoms with E-state index in [1.165, 1.54) is 0 Å². The molecule has 2 heterocycles. The molecule has 2 aromatic rings. The fourth-order valence-electron chi connectivity index (χ4n) is 3.66. The van der Waals surface area contributed by atoms with Crippen molar-refractivity contribution in [1.29, 1.82) is 0 Å². The van der Waals surface area contributed by atoms with E-state index >= 15 is 0 Å². The van der Waals surface area contributed by atoms with Crippen molar-refractivity contribution in [3.63, 3.8) is 0 Å². The lowest BCUT2D eigenvalue weighted by Gasteiger charge is -2.30. The zero-order valence-corrected chi connectivity index (χ0v) is 11.5. The number of methoxy groups -OCH3 is 1. The van der Waals surface area contributed by atoms with E-state index < -0.39 is 0 Å². The van der Waals surface area contributed by atoms with E-state index in [0.29, 0.717) is 12.0 Å². The summed E-state index contributed by atoms with van der Waals surface area (Å²) in [7, 11) is 1.68. The smallest absolute Gasteiger partial charge is 0.129 e. The lowest BCUT2D eigenvalue weighted by Crippen LogP contribution is -2.37. The number of pyridine rings is 1. The van der Waals surface area contributed by atoms with Crippen molar-refractivity contribution >= 4 is 16.7 Å². The molecule has 2 aliphatic rings. The van der Waals surface area contributed by atoms with Crippen LogP contribution in [0.2, 0.25) is 0 Å². The fourth-order valence-corrected chi connectivity index (χ4v) is 3.66. The van der Waals surface area contributed by atoms with Gasteiger partial charge in [-0.1, -0.05) is 6.07 Å². The Kier molecular flexibility index (Phi) is 2.60. The van der Waals surface area contributed by atoms with Crippen LogP contribution in [0.5, 0.6) is 5.75 Å². The van der Waals surface area contributed by atoms with Crippen LogP contribution in [0.4, 0.5) is 5.82 Å². The molecule has 20 heavy (non-hydrogen) atoms. The van der Waals surface area contributed by atoms with Crippen molar-refractivity contribution in [2.45, 2.75) is 25.0 Å². The van der Waals surface area contributed by atoms with E-state index in [2.05, 4.69) is 17.0 Å². The van der Waals surface area contributed by atoms with Crippen LogP contribution in [0.15, 0.2) is 30.3 Å². The summed E-state index contributed by atoms with van der Waals surface area (Å²) < 4.78 is 5.37. The standard InChI is InChI=1S/C16H18N2O2/c1-20-15-4-2-3-13-12(15)5-6-16(17-13)18-9-10-7-11(18)8-14(10)19/h2-6,10-11,14,19H,7-9H2,1H3/t10-,11-,14+/m0/s1. The first kappa shape index (κ1) is 12.0. The highest BCUT2D eigenvalue weighted by Gasteiger charge is 2.44. The number of ether oxygens (including phenoxy) is 1. The highest BCUT2D eigenvalue weighted by Crippen LogP contribution is 2.40. The zero-order valence-electron chi connectivity index (χ0n) is 11.5. The number of nitrogens with zero attached hydrogens (tertiary/aromatic N) is 2. The van der Waals surface area contributed by atoms with E-state index in [1.807, 2.05) is 18.2 Å². The molecule has 3 atom stereocenters. The molecule has 104 valence electrons. The molecular formula is C16H18N2O2. The number of hydrogen-bond donors (Lipinski definition) is 1. The van der Waals surface area contributed by atoms with Gasteiger partial charge in [-0.25, -0.2) is 4.98 Å². The highest BCUT2D eigenvalue weighted by atomic mass is 16.5. The fraction of sp³-hybridized carbons (Fsp3) is 0.438. The van der Waals surface area contributed by atoms with Crippen molar-refractivity contribution in [2.24, 2.45) is 5.92 Å². The van der Waals surface area contributed by atoms with Crippen LogP contribution in [-0.2, 0) is 0 Å². The Balaban J connectivity index is 1.72. The predicted molar refractivity (Wildman–Crippen MR) is 78.2 cm³/mol. The zero-order chi connectivity index (χ0) is 13.7. The van der Waals surface area contributed by atoms with E-state index in [1.54, 1.807) is 7.11 Å². The van der Waals surface area contributed by atoms with Crippen LogP contribution in [0.25, 0.3) is 10.9 Å². The number of fused-ring (bicyclic) bond motifs is 3. The average Bonchev–Trinajstić information content (AvgIpc) is 3.05. The van der Waals surface area contributed by atoms with E-state index in [0.717, 1.165) is 41.9 Å². The third-order valence-corrected chi connectivity index (χ3v) is 4.70. The van der Waals surface area contributed by atoms with Crippen LogP contribution in [-0.4, -0.2) is 35.9 Å². The van der Waals surface area contributed by atoms with Crippen LogP contribution in [0, 0.1) is 5.92 Å². The first-order chi connectivity index (χ1) is 9.76. The molecular weight excluding hydrogens is 252 g/mol. The van der Waals surface area contributed by atoms with Gasteiger partial charge in [-0.3, -0.25) is 0 Å². The second kappa shape index (κ2) is 4.35. The maximum Gasteiger partial charge on any atom is 0.129 e. The van der Waals surface area contributed by atoms with Crippen LogP contribution in [0.3, 0.4) is 0 Å². The van der Waals surface area contributed by atoms with Gasteiger partial charge in [0, 0.05) is 23.9 Å². The Morgan fingerprint density at radius 1 is 1.25 bits per heavy atom. The topological polar surface area (TPSA) is 45.6 Å². The maximum atomic E-state index is 9.86. The van der Waals surface area contributed by atoms with Gasteiger partial charge in [0.15, 0.2) is 0 Å². The minimum absolute atomic E-state index is 0.114. The monoisotopic (exact) mass is 270 g/mol. The Bertz CT molecular complexity index is 656. The van der Waals surface area contributed by atoms with Crippen molar-refractivity contribution in [3.05, 3.63) is 30.3 Å². The SMILES string of the molecule is COc1cccc2nc(N3C[C@@H]4C[C@H]3C[C@H]4O)ccc12. The van der Waals surface area contributed by atoms with Gasteiger partial charge in [0.25, 0.3) is 0 Å². The molecule has 1 aromatic heterocycles. The number of aliphatic hydroxyl groups is 1. The maximum absolute atomic E-state index is 9.86. The number of benzene rings is 1. The molecule has 0 radical (unpaired) electrons. The third-order valence-electron chi connectivity index (χ3n) is 4.70. The Labute approximate surface area is 118 Å². The summed E-state index contributed by atoms with van der Waals surface area (Å²) in [6.07, 6.45) is 1.86. The molecule has 0 spiro atoms. The molecule has 1 aliphatic heterocycles. The molecule has 1 aromatic carbocycles. The first-order valence-electron chi connectivity index (χ1n) is 7.15. The van der Waals surface area contributed by atoms with Gasteiger partial charge >= 0.3 is 0 Å². The van der Waals surface area contributed by atoms with Crippen molar-refractivity contribution < 1.29 is 9.84 Å². The summed E-state index contributed by atoms with van der Waals surface area (Å²) in [5.74, 6) is 2.30. The normalized spacial score (nSPS) is 28.3. The van der Waals surface area contributed by atoms with E-state index in [4.69, 9.17) is 9.72 Å². The highest BCUT2D eigenvalue weighted by molar-refractivity contribution is 5.86. The first-order valence-corrected chi connectivity index (χ1v) is 7.15. The minimum atomic E-state index is -0.114. The summed E-state index contributed by atoms with van der Waals surface area (Å²) in [5, 5.41) is 10.9. The Morgan fingerprint density at radius 2 is 2.15 bits per heavy atom. The number of hydrogen-bond acceptors (Lipinski definition) is 4. The van der Waals surface area contributed by atoms with Crippen molar-refractivity contribution in [2.75, 3.05) is 18.6 Å². The molecule has 0 amide bonds. The molecule has 4 rings (SSSR count). The molecule has 4 nitrogen and oxygen atoms in total. The van der Waals surface area contributed by atoms with Gasteiger partial charge in [-0.05, 0) is 37.1 Å². The van der Waals surface area contributed by atoms with E-state index in [9.17, 15) is 5.11 Å². The quantitative estimate of drug-likeness (QED) is 0.908. The van der Waals surface area contributed by atoms with Crippen molar-refractivity contribution in [1.82, 2.24) is 4.98 Å². The van der Waals surface area contributed by atoms with Gasteiger partial charge < -0.3 is 14.7 Å². The van der Waals surface area contributed by atoms with E-state index in [-0.39, 0.29) is 6.10 Å². The number of aliphatic hydroxyl groups excluding tert-OH is 1. The summed E-state index contributed by atoms with van der Waals surface area (Å²) in [6, 6.07) is 10.5. The number of piperidine rings is 1. The summed E-state index contributed by atoms with van der Waals surface area (Å²) in [5.41, 5.74) is 0.963. The van der Waals surface area contributed by atoms with Gasteiger partial charge in [0.1, 0.15) is 11.6 Å². The van der Waals surface area contributed by atoms with Gasteiger partial charge in [0.2, 0.25) is 0 Å². The molecule has 1 saturated heterocycles. The van der Waals surface area contributed by atoms with Gasteiger partial charge in [-0.2, -0.15) is 0 Å². The lowest BCUT2D eigenvalue weighted by molar-refractivity contribution is 0.127. The Hall–Kier alpha value is -1.81. The molecule has 1 N–H and O–H groups in total. The molecule has 2 fully saturated rings. The summed E-state index contributed by atoms with van der Waals surface area (Å²) >= 11 is 0. The molecule has 2 bridgehead atoms. The number of aromatic nitrogens is 1. The van der Waals surface area contributed by atoms with Gasteiger partial charge in [-0.15, -0.1) is 0 Å². The molecule has 1 saturated carbocycles. The number of anilines is 1. The minimum Gasteiger partial charge on any atom is -0.496 e.